The molecule has 1 N–H and O–H groups in total. The van der Waals surface area contributed by atoms with E-state index < -0.39 is 17.8 Å². The monoisotopic (exact) mass is 537 g/mol. The highest BCUT2D eigenvalue weighted by Crippen LogP contribution is 2.35. The molecule has 0 aliphatic carbocycles. The van der Waals surface area contributed by atoms with Crippen LogP contribution in [0.25, 0.3) is 0 Å². The lowest BCUT2D eigenvalue weighted by atomic mass is 9.98. The lowest BCUT2D eigenvalue weighted by Gasteiger charge is -2.40. The van der Waals surface area contributed by atoms with Crippen molar-refractivity contribution in [3.63, 3.8) is 0 Å². The van der Waals surface area contributed by atoms with E-state index in [0.717, 1.165) is 5.56 Å². The van der Waals surface area contributed by atoms with E-state index in [1.807, 2.05) is 43.3 Å². The van der Waals surface area contributed by atoms with Gasteiger partial charge in [0.05, 0.1) is 0 Å². The number of ether oxygens (including phenoxy) is 1. The van der Waals surface area contributed by atoms with Gasteiger partial charge in [-0.15, -0.1) is 11.6 Å². The zero-order valence-electron chi connectivity index (χ0n) is 21.9. The molecule has 2 unspecified atom stereocenters. The number of hydrogen-bond acceptors (Lipinski definition) is 4. The minimum Gasteiger partial charge on any atom is -0.457 e. The number of anilines is 1. The second-order valence-corrected chi connectivity index (χ2v) is 10.1. The fraction of sp³-hybridized carbons (Fsp3) is 0.333. The molecule has 0 aromatic heterocycles. The highest BCUT2D eigenvalue weighted by molar-refractivity contribution is 6.30. The van der Waals surface area contributed by atoms with Crippen LogP contribution in [0, 0.1) is 18.7 Å². The maximum atomic E-state index is 14.1. The maximum Gasteiger partial charge on any atom is 0.250 e. The van der Waals surface area contributed by atoms with E-state index in [1.54, 1.807) is 29.2 Å². The molecular weight excluding hydrogens is 505 g/mol. The highest BCUT2D eigenvalue weighted by Gasteiger charge is 2.37. The van der Waals surface area contributed by atoms with Crippen molar-refractivity contribution >= 4 is 29.1 Å². The van der Waals surface area contributed by atoms with Gasteiger partial charge >= 0.3 is 0 Å². The van der Waals surface area contributed by atoms with Crippen molar-refractivity contribution in [2.75, 3.05) is 30.4 Å². The van der Waals surface area contributed by atoms with E-state index in [0.29, 0.717) is 48.3 Å². The molecule has 4 rings (SSSR count). The van der Waals surface area contributed by atoms with Gasteiger partial charge in [-0.3, -0.25) is 14.5 Å². The van der Waals surface area contributed by atoms with Crippen LogP contribution in [0.5, 0.6) is 11.5 Å². The van der Waals surface area contributed by atoms with E-state index in [-0.39, 0.29) is 17.8 Å². The Morgan fingerprint density at radius 1 is 1.08 bits per heavy atom. The summed E-state index contributed by atoms with van der Waals surface area (Å²) in [6.07, 6.45) is 0. The van der Waals surface area contributed by atoms with Crippen LogP contribution in [0.1, 0.15) is 31.0 Å². The minimum atomic E-state index is -1.01. The predicted molar refractivity (Wildman–Crippen MR) is 148 cm³/mol. The van der Waals surface area contributed by atoms with Gasteiger partial charge in [-0.1, -0.05) is 44.2 Å². The van der Waals surface area contributed by atoms with Gasteiger partial charge in [0.2, 0.25) is 5.91 Å². The normalized spacial score (nSPS) is 16.3. The third-order valence-corrected chi connectivity index (χ3v) is 7.02. The van der Waals surface area contributed by atoms with Crippen molar-refractivity contribution in [3.8, 4) is 11.5 Å². The Hall–Kier alpha value is -3.42. The summed E-state index contributed by atoms with van der Waals surface area (Å²) in [4.78, 5) is 30.8. The van der Waals surface area contributed by atoms with Crippen molar-refractivity contribution in [1.82, 2.24) is 10.2 Å². The van der Waals surface area contributed by atoms with E-state index in [2.05, 4.69) is 19.2 Å². The lowest BCUT2D eigenvalue weighted by Crippen LogP contribution is -2.57. The number of rotatable bonds is 8. The number of para-hydroxylation sites is 1. The van der Waals surface area contributed by atoms with Gasteiger partial charge in [0.1, 0.15) is 29.2 Å². The average Bonchev–Trinajstić information content (AvgIpc) is 2.93. The molecular formula is C30H33ClFN3O3. The summed E-state index contributed by atoms with van der Waals surface area (Å²) in [5.41, 5.74) is 1.78. The molecule has 6 nitrogen and oxygen atoms in total. The number of carbonyl (C=O) groups is 2. The second kappa shape index (κ2) is 12.4. The number of nitrogens with one attached hydrogen (secondary N) is 1. The van der Waals surface area contributed by atoms with Gasteiger partial charge in [-0.2, -0.15) is 0 Å². The van der Waals surface area contributed by atoms with Crippen LogP contribution in [0.4, 0.5) is 10.1 Å². The first-order chi connectivity index (χ1) is 18.3. The number of amides is 2. The van der Waals surface area contributed by atoms with Gasteiger partial charge in [0.25, 0.3) is 5.91 Å². The summed E-state index contributed by atoms with van der Waals surface area (Å²) < 4.78 is 19.8. The number of carbonyl (C=O) groups excluding carboxylic acids is 2. The van der Waals surface area contributed by atoms with Gasteiger partial charge in [-0.05, 0) is 66.4 Å². The van der Waals surface area contributed by atoms with Crippen LogP contribution < -0.4 is 15.0 Å². The maximum absolute atomic E-state index is 14.1. The van der Waals surface area contributed by atoms with Crippen molar-refractivity contribution in [2.45, 2.75) is 32.9 Å². The first-order valence-electron chi connectivity index (χ1n) is 12.8. The third-order valence-electron chi connectivity index (χ3n) is 6.79. The van der Waals surface area contributed by atoms with Crippen molar-refractivity contribution in [2.24, 2.45) is 5.92 Å². The Balaban J connectivity index is 1.74. The molecule has 0 saturated carbocycles. The van der Waals surface area contributed by atoms with Crippen molar-refractivity contribution in [1.29, 1.82) is 0 Å². The Bertz CT molecular complexity index is 1250. The van der Waals surface area contributed by atoms with Gasteiger partial charge < -0.3 is 15.0 Å². The molecule has 1 aliphatic heterocycles. The molecule has 3 aromatic carbocycles. The SMILES string of the molecule is Cc1cc(Oc2ccccc2)ccc1N(C(=O)CCl)C(C(=O)N1CCNC(C(C)C)C1)c1ccc(F)cc1. The quantitative estimate of drug-likeness (QED) is 0.375. The number of piperazine rings is 1. The molecule has 8 heteroatoms. The summed E-state index contributed by atoms with van der Waals surface area (Å²) in [5, 5.41) is 3.46. The third kappa shape index (κ3) is 6.34. The molecule has 1 fully saturated rings. The van der Waals surface area contributed by atoms with E-state index >= 15 is 0 Å². The molecule has 0 spiro atoms. The molecule has 1 aliphatic rings. The summed E-state index contributed by atoms with van der Waals surface area (Å²) in [6.45, 7) is 7.74. The van der Waals surface area contributed by atoms with Crippen LogP contribution >= 0.6 is 11.6 Å². The number of benzene rings is 3. The molecule has 2 amide bonds. The smallest absolute Gasteiger partial charge is 0.250 e. The topological polar surface area (TPSA) is 61.9 Å². The Morgan fingerprint density at radius 3 is 2.42 bits per heavy atom. The molecule has 2 atom stereocenters. The zero-order valence-corrected chi connectivity index (χ0v) is 22.6. The fourth-order valence-electron chi connectivity index (χ4n) is 4.71. The van der Waals surface area contributed by atoms with Crippen LogP contribution in [-0.2, 0) is 9.59 Å². The van der Waals surface area contributed by atoms with E-state index in [4.69, 9.17) is 16.3 Å². The molecule has 0 bridgehead atoms. The largest absolute Gasteiger partial charge is 0.457 e. The second-order valence-electron chi connectivity index (χ2n) is 9.80. The van der Waals surface area contributed by atoms with Crippen LogP contribution in [0.15, 0.2) is 72.8 Å². The molecule has 38 heavy (non-hydrogen) atoms. The molecule has 3 aromatic rings. The lowest BCUT2D eigenvalue weighted by molar-refractivity contribution is -0.135. The number of nitrogens with zero attached hydrogens (tertiary/aromatic N) is 2. The van der Waals surface area contributed by atoms with Crippen molar-refractivity contribution in [3.05, 3.63) is 89.7 Å². The van der Waals surface area contributed by atoms with Crippen LogP contribution in [0.2, 0.25) is 0 Å². The summed E-state index contributed by atoms with van der Waals surface area (Å²) in [7, 11) is 0. The van der Waals surface area contributed by atoms with Gasteiger partial charge in [0, 0.05) is 31.4 Å². The predicted octanol–water partition coefficient (Wildman–Crippen LogP) is 5.70. The molecule has 1 saturated heterocycles. The first-order valence-corrected chi connectivity index (χ1v) is 13.3. The number of alkyl halides is 1. The van der Waals surface area contributed by atoms with E-state index in [9.17, 15) is 14.0 Å². The van der Waals surface area contributed by atoms with Gasteiger partial charge in [0.15, 0.2) is 0 Å². The van der Waals surface area contributed by atoms with Gasteiger partial charge in [-0.25, -0.2) is 4.39 Å². The number of halogens is 2. The molecule has 200 valence electrons. The van der Waals surface area contributed by atoms with Crippen LogP contribution in [0.3, 0.4) is 0 Å². The summed E-state index contributed by atoms with van der Waals surface area (Å²) in [5.74, 6) is 0.220. The zero-order chi connectivity index (χ0) is 27.2. The fourth-order valence-corrected chi connectivity index (χ4v) is 4.84. The summed E-state index contributed by atoms with van der Waals surface area (Å²) in [6, 6.07) is 19.6. The minimum absolute atomic E-state index is 0.134. The number of hydrogen-bond donors (Lipinski definition) is 1. The average molecular weight is 538 g/mol. The Morgan fingerprint density at radius 2 is 1.79 bits per heavy atom. The van der Waals surface area contributed by atoms with Crippen molar-refractivity contribution < 1.29 is 18.7 Å². The standard InChI is InChI=1S/C30H33ClFN3O3/c1-20(2)26-19-34(16-15-33-26)30(37)29(22-9-11-23(32)12-10-22)35(28(36)18-31)27-14-13-25(17-21(27)3)38-24-7-5-4-6-8-24/h4-14,17,20,26,29,33H,15-16,18-19H2,1-3H3. The number of aryl methyl sites for hydroxylation is 1. The Kier molecular flexibility index (Phi) is 9.02. The molecule has 0 radical (unpaired) electrons. The van der Waals surface area contributed by atoms with E-state index in [1.165, 1.54) is 17.0 Å². The highest BCUT2D eigenvalue weighted by atomic mass is 35.5. The Labute approximate surface area is 228 Å². The first kappa shape index (κ1) is 27.6. The summed E-state index contributed by atoms with van der Waals surface area (Å²) >= 11 is 6.09. The molecule has 1 heterocycles. The van der Waals surface area contributed by atoms with Crippen LogP contribution in [-0.4, -0.2) is 48.3 Å².